The van der Waals surface area contributed by atoms with E-state index in [0.29, 0.717) is 11.1 Å². The van der Waals surface area contributed by atoms with Gasteiger partial charge in [0, 0.05) is 11.1 Å². The molecule has 0 saturated carbocycles. The molecule has 1 heterocycles. The predicted molar refractivity (Wildman–Crippen MR) is 138 cm³/mol. The summed E-state index contributed by atoms with van der Waals surface area (Å²) in [4.78, 5) is 16.4. The number of ether oxygens (including phenoxy) is 1. The zero-order valence-corrected chi connectivity index (χ0v) is 21.7. The predicted octanol–water partition coefficient (Wildman–Crippen LogP) is 7.98. The topological polar surface area (TPSA) is 77.2 Å². The third-order valence-corrected chi connectivity index (χ3v) is 5.84. The Morgan fingerprint density at radius 1 is 0.947 bits per heavy atom. The highest BCUT2D eigenvalue weighted by atomic mass is 19.4. The minimum atomic E-state index is -4.57. The summed E-state index contributed by atoms with van der Waals surface area (Å²) in [6.07, 6.45) is -5.10. The lowest BCUT2D eigenvalue weighted by Crippen LogP contribution is -2.34. The minimum absolute atomic E-state index is 0.0223. The van der Waals surface area contributed by atoms with Gasteiger partial charge in [-0.25, -0.2) is 4.79 Å². The van der Waals surface area contributed by atoms with Crippen LogP contribution in [0.2, 0.25) is 0 Å². The van der Waals surface area contributed by atoms with E-state index in [-0.39, 0.29) is 28.9 Å². The lowest BCUT2D eigenvalue weighted by Gasteiger charge is -2.22. The van der Waals surface area contributed by atoms with Crippen LogP contribution in [0.4, 0.5) is 18.0 Å². The van der Waals surface area contributed by atoms with E-state index in [1.165, 1.54) is 6.07 Å². The number of alkyl carbamates (subject to hydrolysis) is 1. The number of hydrogen-bond acceptors (Lipinski definition) is 5. The molecule has 1 unspecified atom stereocenters. The van der Waals surface area contributed by atoms with Crippen molar-refractivity contribution < 1.29 is 27.2 Å². The molecule has 9 heteroatoms. The molecular weight excluding hydrogens is 495 g/mol. The van der Waals surface area contributed by atoms with Crippen molar-refractivity contribution in [1.82, 2.24) is 15.5 Å². The highest BCUT2D eigenvalue weighted by molar-refractivity contribution is 5.74. The number of hydrogen-bond donors (Lipinski definition) is 1. The molecule has 0 spiro atoms. The van der Waals surface area contributed by atoms with E-state index in [2.05, 4.69) is 15.5 Å². The van der Waals surface area contributed by atoms with Crippen LogP contribution in [0.3, 0.4) is 0 Å². The maximum Gasteiger partial charge on any atom is 0.417 e. The van der Waals surface area contributed by atoms with Crippen LogP contribution < -0.4 is 5.32 Å². The molecule has 0 aliphatic heterocycles. The molecule has 0 aliphatic carbocycles. The molecule has 0 aliphatic rings. The molecular formula is C29H28F3N3O3. The number of benzene rings is 3. The monoisotopic (exact) mass is 523 g/mol. The van der Waals surface area contributed by atoms with E-state index in [9.17, 15) is 18.0 Å². The molecule has 0 fully saturated rings. The van der Waals surface area contributed by atoms with Gasteiger partial charge in [-0.1, -0.05) is 59.8 Å². The smallest absolute Gasteiger partial charge is 0.417 e. The average Bonchev–Trinajstić information content (AvgIpc) is 3.33. The molecule has 1 amide bonds. The molecule has 1 aromatic heterocycles. The number of carbonyl (C=O) groups is 1. The van der Waals surface area contributed by atoms with E-state index >= 15 is 0 Å². The summed E-state index contributed by atoms with van der Waals surface area (Å²) in [6, 6.07) is 17.7. The van der Waals surface area contributed by atoms with Crippen LogP contribution in [0.25, 0.3) is 34.0 Å². The fraction of sp³-hybridized carbons (Fsp3) is 0.276. The third-order valence-electron chi connectivity index (χ3n) is 5.84. The number of carbonyl (C=O) groups excluding carboxylic acids is 1. The maximum atomic E-state index is 14.0. The summed E-state index contributed by atoms with van der Waals surface area (Å²) in [5, 5.41) is 6.73. The number of rotatable bonds is 5. The van der Waals surface area contributed by atoms with Gasteiger partial charge in [-0.05, 0) is 69.0 Å². The summed E-state index contributed by atoms with van der Waals surface area (Å²) in [5.74, 6) is 0.210. The van der Waals surface area contributed by atoms with Gasteiger partial charge in [0.1, 0.15) is 5.60 Å². The van der Waals surface area contributed by atoms with Crippen molar-refractivity contribution in [3.63, 3.8) is 0 Å². The first-order valence-corrected chi connectivity index (χ1v) is 12.0. The van der Waals surface area contributed by atoms with Gasteiger partial charge >= 0.3 is 12.3 Å². The van der Waals surface area contributed by atoms with E-state index in [1.54, 1.807) is 82.3 Å². The first kappa shape index (κ1) is 26.9. The van der Waals surface area contributed by atoms with Gasteiger partial charge < -0.3 is 14.6 Å². The normalized spacial score (nSPS) is 12.7. The number of alkyl halides is 3. The maximum absolute atomic E-state index is 14.0. The Morgan fingerprint density at radius 2 is 1.61 bits per heavy atom. The number of amides is 1. The summed E-state index contributed by atoms with van der Waals surface area (Å²) in [7, 11) is 0. The Bertz CT molecular complexity index is 1440. The van der Waals surface area contributed by atoms with Crippen molar-refractivity contribution in [1.29, 1.82) is 0 Å². The van der Waals surface area contributed by atoms with Crippen molar-refractivity contribution in [3.05, 3.63) is 83.4 Å². The highest BCUT2D eigenvalue weighted by Gasteiger charge is 2.34. The Balaban J connectivity index is 1.56. The molecule has 38 heavy (non-hydrogen) atoms. The average molecular weight is 524 g/mol. The first-order valence-electron chi connectivity index (χ1n) is 12.0. The zero-order chi connectivity index (χ0) is 27.7. The Kier molecular flexibility index (Phi) is 7.31. The van der Waals surface area contributed by atoms with Gasteiger partial charge in [0.05, 0.1) is 11.6 Å². The van der Waals surface area contributed by atoms with Crippen LogP contribution in [-0.2, 0) is 10.9 Å². The molecule has 1 N–H and O–H groups in total. The highest BCUT2D eigenvalue weighted by Crippen LogP contribution is 2.40. The SMILES string of the molecule is Cc1ccccc1-c1ccc(-c2nc(-c3ccc(C(C)NC(=O)OC(C)(C)C)cc3)no2)cc1C(F)(F)F. The molecule has 0 bridgehead atoms. The third kappa shape index (κ3) is 6.22. The van der Waals surface area contributed by atoms with Gasteiger partial charge in [0.25, 0.3) is 5.89 Å². The van der Waals surface area contributed by atoms with Crippen molar-refractivity contribution in [2.45, 2.75) is 52.4 Å². The quantitative estimate of drug-likeness (QED) is 0.287. The van der Waals surface area contributed by atoms with Gasteiger partial charge in [-0.15, -0.1) is 0 Å². The van der Waals surface area contributed by atoms with Gasteiger partial charge in [-0.3, -0.25) is 0 Å². The van der Waals surface area contributed by atoms with E-state index < -0.39 is 23.4 Å². The fourth-order valence-electron chi connectivity index (χ4n) is 3.97. The first-order chi connectivity index (χ1) is 17.8. The van der Waals surface area contributed by atoms with Crippen molar-refractivity contribution in [2.24, 2.45) is 0 Å². The van der Waals surface area contributed by atoms with Gasteiger partial charge in [0.2, 0.25) is 5.82 Å². The Labute approximate surface area is 218 Å². The van der Waals surface area contributed by atoms with Crippen LogP contribution in [-0.4, -0.2) is 21.8 Å². The molecule has 1 atom stereocenters. The van der Waals surface area contributed by atoms with Crippen LogP contribution in [0.5, 0.6) is 0 Å². The Hall–Kier alpha value is -4.14. The summed E-state index contributed by atoms with van der Waals surface area (Å²) >= 11 is 0. The fourth-order valence-corrected chi connectivity index (χ4v) is 3.97. The lowest BCUT2D eigenvalue weighted by atomic mass is 9.94. The second kappa shape index (κ2) is 10.3. The number of halogens is 3. The molecule has 6 nitrogen and oxygen atoms in total. The number of aryl methyl sites for hydroxylation is 1. The Morgan fingerprint density at radius 3 is 2.24 bits per heavy atom. The lowest BCUT2D eigenvalue weighted by molar-refractivity contribution is -0.137. The van der Waals surface area contributed by atoms with E-state index in [4.69, 9.17) is 9.26 Å². The van der Waals surface area contributed by atoms with Crippen molar-refractivity contribution in [3.8, 4) is 34.0 Å². The molecule has 3 aromatic carbocycles. The van der Waals surface area contributed by atoms with Gasteiger partial charge in [0.15, 0.2) is 0 Å². The van der Waals surface area contributed by atoms with Crippen molar-refractivity contribution >= 4 is 6.09 Å². The summed E-state index contributed by atoms with van der Waals surface area (Å²) < 4.78 is 52.6. The number of nitrogens with one attached hydrogen (secondary N) is 1. The molecule has 0 radical (unpaired) electrons. The largest absolute Gasteiger partial charge is 0.444 e. The van der Waals surface area contributed by atoms with Crippen LogP contribution in [0, 0.1) is 6.92 Å². The molecule has 0 saturated heterocycles. The van der Waals surface area contributed by atoms with E-state index in [0.717, 1.165) is 17.2 Å². The minimum Gasteiger partial charge on any atom is -0.444 e. The summed E-state index contributed by atoms with van der Waals surface area (Å²) in [6.45, 7) is 8.95. The standard InChI is InChI=1S/C29H28F3N3O3/c1-17-8-6-7-9-22(17)23-15-14-21(16-24(23)29(30,31)32)26-34-25(35-38-26)20-12-10-19(11-13-20)18(2)33-27(36)37-28(3,4)5/h6-16,18H,1-5H3,(H,33,36). The van der Waals surface area contributed by atoms with Crippen LogP contribution in [0.15, 0.2) is 71.3 Å². The van der Waals surface area contributed by atoms with Crippen molar-refractivity contribution in [2.75, 3.05) is 0 Å². The number of nitrogens with zero attached hydrogens (tertiary/aromatic N) is 2. The number of aromatic nitrogens is 2. The van der Waals surface area contributed by atoms with Gasteiger partial charge in [-0.2, -0.15) is 18.2 Å². The molecule has 198 valence electrons. The summed E-state index contributed by atoms with van der Waals surface area (Å²) in [5.41, 5.74) is 1.55. The molecule has 4 rings (SSSR count). The van der Waals surface area contributed by atoms with Crippen LogP contribution in [0.1, 0.15) is 50.4 Å². The van der Waals surface area contributed by atoms with Crippen LogP contribution >= 0.6 is 0 Å². The second-order valence-corrected chi connectivity index (χ2v) is 9.99. The second-order valence-electron chi connectivity index (χ2n) is 9.99. The molecule has 4 aromatic rings. The zero-order valence-electron chi connectivity index (χ0n) is 21.7. The van der Waals surface area contributed by atoms with E-state index in [1.807, 2.05) is 6.92 Å².